The maximum Gasteiger partial charge on any atom is 0.319 e. The molecule has 2 rings (SSSR count). The van der Waals surface area contributed by atoms with E-state index in [9.17, 15) is 14.9 Å². The topological polar surface area (TPSA) is 87.5 Å². The zero-order chi connectivity index (χ0) is 18.2. The highest BCUT2D eigenvalue weighted by atomic mass is 16.6. The molecule has 7 heteroatoms. The number of non-ortho nitro benzene ring substituents is 1. The summed E-state index contributed by atoms with van der Waals surface area (Å²) >= 11 is 0. The van der Waals surface area contributed by atoms with Gasteiger partial charge in [0.15, 0.2) is 0 Å². The van der Waals surface area contributed by atoms with Crippen molar-refractivity contribution < 1.29 is 9.72 Å². The minimum Gasteiger partial charge on any atom is -0.336 e. The molecule has 1 saturated heterocycles. The molecular weight excluding hydrogens is 320 g/mol. The van der Waals surface area contributed by atoms with Gasteiger partial charge in [0.25, 0.3) is 5.69 Å². The largest absolute Gasteiger partial charge is 0.336 e. The number of carbonyl (C=O) groups is 1. The van der Waals surface area contributed by atoms with E-state index >= 15 is 0 Å². The molecule has 1 aliphatic heterocycles. The summed E-state index contributed by atoms with van der Waals surface area (Å²) in [6.45, 7) is 7.23. The van der Waals surface area contributed by atoms with Gasteiger partial charge in [-0.25, -0.2) is 4.79 Å². The average Bonchev–Trinajstić information content (AvgIpc) is 3.13. The van der Waals surface area contributed by atoms with Gasteiger partial charge in [-0.2, -0.15) is 0 Å². The Morgan fingerprint density at radius 3 is 2.32 bits per heavy atom. The number of hydrogen-bond donors (Lipinski definition) is 2. The van der Waals surface area contributed by atoms with Crippen molar-refractivity contribution in [2.75, 3.05) is 25.0 Å². The number of nitrogens with zero attached hydrogens (tertiary/aromatic N) is 2. The Hall–Kier alpha value is -2.15. The normalized spacial score (nSPS) is 16.0. The third-order valence-electron chi connectivity index (χ3n) is 5.01. The lowest BCUT2D eigenvalue weighted by Gasteiger charge is -2.33. The van der Waals surface area contributed by atoms with Crippen LogP contribution in [0.15, 0.2) is 24.3 Å². The van der Waals surface area contributed by atoms with Crippen LogP contribution in [-0.2, 0) is 0 Å². The van der Waals surface area contributed by atoms with Gasteiger partial charge in [-0.3, -0.25) is 15.0 Å². The van der Waals surface area contributed by atoms with E-state index in [0.29, 0.717) is 24.2 Å². The maximum atomic E-state index is 12.2. The van der Waals surface area contributed by atoms with Gasteiger partial charge >= 0.3 is 6.03 Å². The Kier molecular flexibility index (Phi) is 7.18. The van der Waals surface area contributed by atoms with Gasteiger partial charge in [0.05, 0.1) is 4.92 Å². The number of carbonyl (C=O) groups excluding carboxylic acids is 1. The molecule has 0 spiro atoms. The third kappa shape index (κ3) is 5.42. The lowest BCUT2D eigenvalue weighted by atomic mass is 9.93. The molecule has 1 aliphatic rings. The predicted octanol–water partition coefficient (Wildman–Crippen LogP) is 3.62. The molecule has 138 valence electrons. The van der Waals surface area contributed by atoms with E-state index in [2.05, 4.69) is 29.4 Å². The van der Waals surface area contributed by atoms with E-state index in [-0.39, 0.29) is 11.7 Å². The van der Waals surface area contributed by atoms with Crippen LogP contribution in [0, 0.1) is 16.0 Å². The number of rotatable bonds is 8. The molecule has 0 aliphatic carbocycles. The minimum atomic E-state index is -0.458. The first-order valence-corrected chi connectivity index (χ1v) is 9.08. The SMILES string of the molecule is CCC(CC)C(CNC(=O)Nc1ccc([N+](=O)[O-])cc1)N1CCCC1. The first-order chi connectivity index (χ1) is 12.0. The van der Waals surface area contributed by atoms with Crippen LogP contribution in [0.25, 0.3) is 0 Å². The highest BCUT2D eigenvalue weighted by Crippen LogP contribution is 2.22. The van der Waals surface area contributed by atoms with Gasteiger partial charge in [-0.1, -0.05) is 26.7 Å². The average molecular weight is 348 g/mol. The van der Waals surface area contributed by atoms with Crippen molar-refractivity contribution in [1.29, 1.82) is 0 Å². The summed E-state index contributed by atoms with van der Waals surface area (Å²) in [5.74, 6) is 0.567. The van der Waals surface area contributed by atoms with Crippen LogP contribution < -0.4 is 10.6 Å². The van der Waals surface area contributed by atoms with Gasteiger partial charge in [0.2, 0.25) is 0 Å². The van der Waals surface area contributed by atoms with Crippen molar-refractivity contribution in [1.82, 2.24) is 10.2 Å². The number of nitro benzene ring substituents is 1. The Bertz CT molecular complexity index is 564. The van der Waals surface area contributed by atoms with Crippen molar-refractivity contribution >= 4 is 17.4 Å². The van der Waals surface area contributed by atoms with Crippen molar-refractivity contribution in [2.45, 2.75) is 45.6 Å². The molecular formula is C18H28N4O3. The number of urea groups is 1. The van der Waals surface area contributed by atoms with E-state index in [0.717, 1.165) is 25.9 Å². The Balaban J connectivity index is 1.90. The van der Waals surface area contributed by atoms with Crippen molar-refractivity contribution in [3.63, 3.8) is 0 Å². The van der Waals surface area contributed by atoms with Crippen LogP contribution in [0.5, 0.6) is 0 Å². The highest BCUT2D eigenvalue weighted by molar-refractivity contribution is 5.89. The smallest absolute Gasteiger partial charge is 0.319 e. The number of likely N-dealkylation sites (tertiary alicyclic amines) is 1. The monoisotopic (exact) mass is 348 g/mol. The van der Waals surface area contributed by atoms with Gasteiger partial charge in [-0.15, -0.1) is 0 Å². The van der Waals surface area contributed by atoms with Crippen LogP contribution >= 0.6 is 0 Å². The van der Waals surface area contributed by atoms with E-state index in [1.165, 1.54) is 37.1 Å². The summed E-state index contributed by atoms with van der Waals surface area (Å²) in [5.41, 5.74) is 0.553. The zero-order valence-electron chi connectivity index (χ0n) is 15.0. The minimum absolute atomic E-state index is 0.00814. The van der Waals surface area contributed by atoms with Crippen molar-refractivity contribution in [2.24, 2.45) is 5.92 Å². The van der Waals surface area contributed by atoms with Gasteiger partial charge in [-0.05, 0) is 44.0 Å². The van der Waals surface area contributed by atoms with E-state index in [1.54, 1.807) is 0 Å². The van der Waals surface area contributed by atoms with E-state index in [1.807, 2.05) is 0 Å². The number of hydrogen-bond acceptors (Lipinski definition) is 4. The number of nitrogens with one attached hydrogen (secondary N) is 2. The van der Waals surface area contributed by atoms with E-state index in [4.69, 9.17) is 0 Å². The summed E-state index contributed by atoms with van der Waals surface area (Å²) in [6.07, 6.45) is 4.66. The zero-order valence-corrected chi connectivity index (χ0v) is 15.0. The lowest BCUT2D eigenvalue weighted by Crippen LogP contribution is -2.47. The second-order valence-corrected chi connectivity index (χ2v) is 6.53. The molecule has 0 bridgehead atoms. The molecule has 0 saturated carbocycles. The first kappa shape index (κ1) is 19.2. The molecule has 1 unspecified atom stereocenters. The Morgan fingerprint density at radius 2 is 1.80 bits per heavy atom. The van der Waals surface area contributed by atoms with Crippen molar-refractivity contribution in [3.05, 3.63) is 34.4 Å². The molecule has 0 radical (unpaired) electrons. The molecule has 1 fully saturated rings. The summed E-state index contributed by atoms with van der Waals surface area (Å²) in [5, 5.41) is 16.4. The Morgan fingerprint density at radius 1 is 1.20 bits per heavy atom. The summed E-state index contributed by atoms with van der Waals surface area (Å²) < 4.78 is 0. The number of amides is 2. The summed E-state index contributed by atoms with van der Waals surface area (Å²) in [7, 11) is 0. The summed E-state index contributed by atoms with van der Waals surface area (Å²) in [6, 6.07) is 5.93. The quantitative estimate of drug-likeness (QED) is 0.555. The van der Waals surface area contributed by atoms with Gasteiger partial charge in [0.1, 0.15) is 0 Å². The molecule has 25 heavy (non-hydrogen) atoms. The Labute approximate surface area is 148 Å². The molecule has 1 atom stereocenters. The fourth-order valence-electron chi connectivity index (χ4n) is 3.54. The molecule has 2 N–H and O–H groups in total. The standard InChI is InChI=1S/C18H28N4O3/c1-3-14(4-2)17(21-11-5-6-12-21)13-19-18(23)20-15-7-9-16(10-8-15)22(24)25/h7-10,14,17H,3-6,11-13H2,1-2H3,(H2,19,20,23). The molecule has 7 nitrogen and oxygen atoms in total. The van der Waals surface area contributed by atoms with E-state index < -0.39 is 4.92 Å². The second kappa shape index (κ2) is 9.36. The van der Waals surface area contributed by atoms with Gasteiger partial charge < -0.3 is 10.6 Å². The summed E-state index contributed by atoms with van der Waals surface area (Å²) in [4.78, 5) is 24.9. The molecule has 1 heterocycles. The van der Waals surface area contributed by atoms with Crippen LogP contribution in [0.4, 0.5) is 16.2 Å². The van der Waals surface area contributed by atoms with Crippen molar-refractivity contribution in [3.8, 4) is 0 Å². The highest BCUT2D eigenvalue weighted by Gasteiger charge is 2.27. The lowest BCUT2D eigenvalue weighted by molar-refractivity contribution is -0.384. The predicted molar refractivity (Wildman–Crippen MR) is 98.8 cm³/mol. The number of nitro groups is 1. The van der Waals surface area contributed by atoms with Crippen LogP contribution in [-0.4, -0.2) is 41.5 Å². The van der Waals surface area contributed by atoms with Crippen LogP contribution in [0.3, 0.4) is 0 Å². The third-order valence-corrected chi connectivity index (χ3v) is 5.01. The number of anilines is 1. The number of benzene rings is 1. The second-order valence-electron chi connectivity index (χ2n) is 6.53. The molecule has 0 aromatic heterocycles. The fraction of sp³-hybridized carbons (Fsp3) is 0.611. The van der Waals surface area contributed by atoms with Crippen LogP contribution in [0.2, 0.25) is 0 Å². The maximum absolute atomic E-state index is 12.2. The molecule has 1 aromatic rings. The molecule has 1 aromatic carbocycles. The first-order valence-electron chi connectivity index (χ1n) is 9.08. The fourth-order valence-corrected chi connectivity index (χ4v) is 3.54. The van der Waals surface area contributed by atoms with Gasteiger partial charge in [0, 0.05) is 30.4 Å². The molecule has 2 amide bonds. The van der Waals surface area contributed by atoms with Crippen LogP contribution in [0.1, 0.15) is 39.5 Å².